The lowest BCUT2D eigenvalue weighted by molar-refractivity contribution is 0.413. The summed E-state index contributed by atoms with van der Waals surface area (Å²) < 4.78 is 0. The lowest BCUT2D eigenvalue weighted by atomic mass is 10.0. The molecule has 1 aromatic heterocycles. The zero-order valence-corrected chi connectivity index (χ0v) is 10.5. The Morgan fingerprint density at radius 1 is 1.31 bits per heavy atom. The molecule has 0 amide bonds. The van der Waals surface area contributed by atoms with Gasteiger partial charge in [-0.1, -0.05) is 12.8 Å². The van der Waals surface area contributed by atoms with Crippen LogP contribution < -0.4 is 5.32 Å². The van der Waals surface area contributed by atoms with E-state index in [2.05, 4.69) is 30.2 Å². The molecule has 1 fully saturated rings. The van der Waals surface area contributed by atoms with Crippen LogP contribution in [-0.2, 0) is 5.54 Å². The van der Waals surface area contributed by atoms with E-state index < -0.39 is 0 Å². The van der Waals surface area contributed by atoms with E-state index in [4.69, 9.17) is 4.98 Å². The van der Waals surface area contributed by atoms with Crippen LogP contribution in [0.1, 0.15) is 57.0 Å². The van der Waals surface area contributed by atoms with Crippen molar-refractivity contribution >= 4 is 0 Å². The number of rotatable bonds is 3. The maximum Gasteiger partial charge on any atom is 0.147 e. The van der Waals surface area contributed by atoms with Crippen LogP contribution in [0.5, 0.6) is 0 Å². The van der Waals surface area contributed by atoms with E-state index in [1.165, 1.54) is 31.4 Å². The van der Waals surface area contributed by atoms with Crippen molar-refractivity contribution in [1.82, 2.24) is 15.3 Å². The second-order valence-corrected chi connectivity index (χ2v) is 5.16. The highest BCUT2D eigenvalue weighted by atomic mass is 15.0. The summed E-state index contributed by atoms with van der Waals surface area (Å²) in [6.45, 7) is 4.22. The fourth-order valence-electron chi connectivity index (χ4n) is 2.23. The molecular weight excluding hydrogens is 198 g/mol. The molecule has 3 heteroatoms. The second kappa shape index (κ2) is 4.50. The van der Waals surface area contributed by atoms with Gasteiger partial charge in [0.2, 0.25) is 0 Å². The molecule has 0 atom stereocenters. The van der Waals surface area contributed by atoms with Gasteiger partial charge in [0.1, 0.15) is 5.82 Å². The first-order chi connectivity index (χ1) is 7.63. The fourth-order valence-corrected chi connectivity index (χ4v) is 2.23. The van der Waals surface area contributed by atoms with Gasteiger partial charge in [-0.3, -0.25) is 0 Å². The van der Waals surface area contributed by atoms with Crippen LogP contribution in [-0.4, -0.2) is 17.0 Å². The van der Waals surface area contributed by atoms with Gasteiger partial charge in [-0.2, -0.15) is 0 Å². The molecule has 0 saturated heterocycles. The molecule has 1 aliphatic rings. The number of nitrogens with zero attached hydrogens (tertiary/aromatic N) is 2. The molecule has 2 rings (SSSR count). The Bertz CT molecular complexity index is 354. The molecule has 1 N–H and O–H groups in total. The van der Waals surface area contributed by atoms with E-state index in [1.54, 1.807) is 0 Å². The summed E-state index contributed by atoms with van der Waals surface area (Å²) in [4.78, 5) is 9.10. The summed E-state index contributed by atoms with van der Waals surface area (Å²) in [5, 5.41) is 3.25. The number of nitrogens with one attached hydrogen (secondary N) is 1. The summed E-state index contributed by atoms with van der Waals surface area (Å²) in [6, 6.07) is 2.07. The fraction of sp³-hybridized carbons (Fsp3) is 0.692. The number of hydrogen-bond donors (Lipinski definition) is 1. The zero-order valence-electron chi connectivity index (χ0n) is 10.5. The van der Waals surface area contributed by atoms with E-state index >= 15 is 0 Å². The first-order valence-corrected chi connectivity index (χ1v) is 6.16. The smallest absolute Gasteiger partial charge is 0.147 e. The molecule has 1 aromatic rings. The van der Waals surface area contributed by atoms with Crippen LogP contribution in [0.25, 0.3) is 0 Å². The Balaban J connectivity index is 2.25. The molecule has 0 radical (unpaired) electrons. The largest absolute Gasteiger partial charge is 0.308 e. The molecule has 3 nitrogen and oxygen atoms in total. The number of hydrogen-bond acceptors (Lipinski definition) is 3. The van der Waals surface area contributed by atoms with Crippen molar-refractivity contribution in [3.05, 3.63) is 23.8 Å². The average Bonchev–Trinajstić information content (AvgIpc) is 2.83. The molecular formula is C13H21N3. The highest BCUT2D eigenvalue weighted by Crippen LogP contribution is 2.33. The van der Waals surface area contributed by atoms with Gasteiger partial charge in [-0.15, -0.1) is 0 Å². The monoisotopic (exact) mass is 219 g/mol. The van der Waals surface area contributed by atoms with Crippen molar-refractivity contribution < 1.29 is 0 Å². The summed E-state index contributed by atoms with van der Waals surface area (Å²) in [5.74, 6) is 1.56. The van der Waals surface area contributed by atoms with Gasteiger partial charge in [0.15, 0.2) is 0 Å². The normalized spacial score (nSPS) is 17.9. The summed E-state index contributed by atoms with van der Waals surface area (Å²) in [6.07, 6.45) is 7.17. The van der Waals surface area contributed by atoms with Gasteiger partial charge < -0.3 is 5.32 Å². The highest BCUT2D eigenvalue weighted by molar-refractivity contribution is 5.13. The van der Waals surface area contributed by atoms with Crippen LogP contribution in [0.3, 0.4) is 0 Å². The van der Waals surface area contributed by atoms with E-state index in [9.17, 15) is 0 Å². The van der Waals surface area contributed by atoms with Gasteiger partial charge in [-0.05, 0) is 39.8 Å². The van der Waals surface area contributed by atoms with E-state index in [-0.39, 0.29) is 5.54 Å². The highest BCUT2D eigenvalue weighted by Gasteiger charge is 2.24. The minimum Gasteiger partial charge on any atom is -0.308 e. The molecule has 0 spiro atoms. The van der Waals surface area contributed by atoms with Gasteiger partial charge in [-0.25, -0.2) is 9.97 Å². The third-order valence-corrected chi connectivity index (χ3v) is 3.63. The number of aromatic nitrogens is 2. The van der Waals surface area contributed by atoms with E-state index in [0.29, 0.717) is 5.92 Å². The molecule has 88 valence electrons. The van der Waals surface area contributed by atoms with Crippen LogP contribution >= 0.6 is 0 Å². The first-order valence-electron chi connectivity index (χ1n) is 6.16. The van der Waals surface area contributed by atoms with Crippen molar-refractivity contribution in [3.63, 3.8) is 0 Å². The molecule has 1 saturated carbocycles. The minimum atomic E-state index is -0.144. The minimum absolute atomic E-state index is 0.144. The van der Waals surface area contributed by atoms with Crippen molar-refractivity contribution in [2.45, 2.75) is 51.0 Å². The Morgan fingerprint density at radius 3 is 2.62 bits per heavy atom. The second-order valence-electron chi connectivity index (χ2n) is 5.16. The summed E-state index contributed by atoms with van der Waals surface area (Å²) in [5.41, 5.74) is 1.08. The van der Waals surface area contributed by atoms with Crippen molar-refractivity contribution in [1.29, 1.82) is 0 Å². The molecule has 1 aliphatic carbocycles. The Morgan fingerprint density at radius 2 is 2.00 bits per heavy atom. The maximum atomic E-state index is 4.72. The van der Waals surface area contributed by atoms with Gasteiger partial charge in [0.05, 0.1) is 5.54 Å². The van der Waals surface area contributed by atoms with Crippen molar-refractivity contribution in [2.75, 3.05) is 7.05 Å². The standard InChI is InChI=1S/C13H21N3/c1-13(2,14-3)12-15-9-8-11(16-12)10-6-4-5-7-10/h8-10,14H,4-7H2,1-3H3. The van der Waals surface area contributed by atoms with E-state index in [0.717, 1.165) is 5.82 Å². The first kappa shape index (κ1) is 11.5. The van der Waals surface area contributed by atoms with Crippen LogP contribution in [0, 0.1) is 0 Å². The third-order valence-electron chi connectivity index (χ3n) is 3.63. The quantitative estimate of drug-likeness (QED) is 0.849. The molecule has 0 bridgehead atoms. The third kappa shape index (κ3) is 2.24. The van der Waals surface area contributed by atoms with Gasteiger partial charge in [0.25, 0.3) is 0 Å². The lowest BCUT2D eigenvalue weighted by Crippen LogP contribution is -2.35. The maximum absolute atomic E-state index is 4.72. The van der Waals surface area contributed by atoms with Gasteiger partial charge >= 0.3 is 0 Å². The SMILES string of the molecule is CNC(C)(C)c1nccc(C2CCCC2)n1. The topological polar surface area (TPSA) is 37.8 Å². The molecule has 1 heterocycles. The summed E-state index contributed by atoms with van der Waals surface area (Å²) >= 11 is 0. The zero-order chi connectivity index (χ0) is 11.6. The van der Waals surface area contributed by atoms with Gasteiger partial charge in [0, 0.05) is 17.8 Å². The van der Waals surface area contributed by atoms with Crippen LogP contribution in [0.2, 0.25) is 0 Å². The Hall–Kier alpha value is -0.960. The van der Waals surface area contributed by atoms with E-state index in [1.807, 2.05) is 13.2 Å². The molecule has 0 unspecified atom stereocenters. The Labute approximate surface area is 97.7 Å². The van der Waals surface area contributed by atoms with Crippen molar-refractivity contribution in [2.24, 2.45) is 0 Å². The molecule has 0 aromatic carbocycles. The molecule has 0 aliphatic heterocycles. The lowest BCUT2D eigenvalue weighted by Gasteiger charge is -2.23. The predicted molar refractivity (Wildman–Crippen MR) is 65.3 cm³/mol. The van der Waals surface area contributed by atoms with Crippen molar-refractivity contribution in [3.8, 4) is 0 Å². The van der Waals surface area contributed by atoms with Crippen LogP contribution in [0.4, 0.5) is 0 Å². The Kier molecular flexibility index (Phi) is 3.24. The predicted octanol–water partition coefficient (Wildman–Crippen LogP) is 2.59. The average molecular weight is 219 g/mol. The summed E-state index contributed by atoms with van der Waals surface area (Å²) in [7, 11) is 1.95. The van der Waals surface area contributed by atoms with Crippen LogP contribution in [0.15, 0.2) is 12.3 Å². The molecule has 16 heavy (non-hydrogen) atoms.